The van der Waals surface area contributed by atoms with E-state index in [2.05, 4.69) is 6.92 Å². The average Bonchev–Trinajstić information content (AvgIpc) is 2.42. The summed E-state index contributed by atoms with van der Waals surface area (Å²) in [5.41, 5.74) is 0. The Morgan fingerprint density at radius 3 is 2.05 bits per heavy atom. The SMILES string of the molecule is [Br-].[CH2-]CCCCCCCCCCOC1CCCCO1.[Mg+2]. The van der Waals surface area contributed by atoms with Crippen molar-refractivity contribution in [3.05, 3.63) is 6.92 Å². The van der Waals surface area contributed by atoms with Crippen LogP contribution >= 0.6 is 0 Å². The molecular formula is C16H31BrMgO2. The van der Waals surface area contributed by atoms with Crippen LogP contribution in [-0.4, -0.2) is 42.6 Å². The van der Waals surface area contributed by atoms with Gasteiger partial charge in [0.25, 0.3) is 0 Å². The summed E-state index contributed by atoms with van der Waals surface area (Å²) < 4.78 is 11.2. The molecule has 0 bridgehead atoms. The van der Waals surface area contributed by atoms with Gasteiger partial charge in [-0.3, -0.25) is 0 Å². The zero-order chi connectivity index (χ0) is 12.9. The Morgan fingerprint density at radius 1 is 0.900 bits per heavy atom. The van der Waals surface area contributed by atoms with Crippen molar-refractivity contribution >= 4 is 23.1 Å². The second kappa shape index (κ2) is 18.2. The van der Waals surface area contributed by atoms with E-state index in [9.17, 15) is 0 Å². The molecule has 2 nitrogen and oxygen atoms in total. The van der Waals surface area contributed by atoms with Gasteiger partial charge in [0.05, 0.1) is 0 Å². The van der Waals surface area contributed by atoms with Crippen LogP contribution in [0.5, 0.6) is 0 Å². The normalized spacial score (nSPS) is 18.1. The second-order valence-electron chi connectivity index (χ2n) is 5.35. The molecule has 0 saturated carbocycles. The predicted octanol–water partition coefficient (Wildman–Crippen LogP) is 1.50. The van der Waals surface area contributed by atoms with Crippen molar-refractivity contribution in [2.75, 3.05) is 13.2 Å². The van der Waals surface area contributed by atoms with Gasteiger partial charge in [-0.25, -0.2) is 0 Å². The molecule has 0 aromatic rings. The zero-order valence-electron chi connectivity index (χ0n) is 13.1. The summed E-state index contributed by atoms with van der Waals surface area (Å²) >= 11 is 0. The van der Waals surface area contributed by atoms with E-state index in [1.807, 2.05) is 0 Å². The molecule has 0 N–H and O–H groups in total. The molecule has 1 aliphatic heterocycles. The van der Waals surface area contributed by atoms with Crippen LogP contribution in [0.25, 0.3) is 0 Å². The fourth-order valence-corrected chi connectivity index (χ4v) is 2.40. The third-order valence-electron chi connectivity index (χ3n) is 3.59. The molecule has 0 aromatic carbocycles. The number of rotatable bonds is 11. The Labute approximate surface area is 152 Å². The van der Waals surface area contributed by atoms with Crippen LogP contribution in [0.2, 0.25) is 0 Å². The fraction of sp³-hybridized carbons (Fsp3) is 0.938. The van der Waals surface area contributed by atoms with Crippen molar-refractivity contribution in [3.63, 3.8) is 0 Å². The number of unbranched alkanes of at least 4 members (excludes halogenated alkanes) is 8. The van der Waals surface area contributed by atoms with Gasteiger partial charge in [0, 0.05) is 13.2 Å². The first kappa shape index (κ1) is 23.4. The maximum atomic E-state index is 5.71. The van der Waals surface area contributed by atoms with Crippen LogP contribution in [0.15, 0.2) is 0 Å². The molecule has 20 heavy (non-hydrogen) atoms. The minimum atomic E-state index is 0. The summed E-state index contributed by atoms with van der Waals surface area (Å²) in [7, 11) is 0. The average molecular weight is 360 g/mol. The Kier molecular flexibility index (Phi) is 21.3. The van der Waals surface area contributed by atoms with Crippen molar-refractivity contribution in [1.29, 1.82) is 0 Å². The third kappa shape index (κ3) is 14.1. The van der Waals surface area contributed by atoms with Gasteiger partial charge in [-0.05, 0) is 25.7 Å². The quantitative estimate of drug-likeness (QED) is 0.316. The van der Waals surface area contributed by atoms with E-state index in [1.54, 1.807) is 0 Å². The number of halogens is 1. The molecule has 1 atom stereocenters. The van der Waals surface area contributed by atoms with Gasteiger partial charge in [-0.15, -0.1) is 0 Å². The Bertz CT molecular complexity index is 176. The largest absolute Gasteiger partial charge is 2.00 e. The summed E-state index contributed by atoms with van der Waals surface area (Å²) in [5.74, 6) is 0. The molecule has 4 heteroatoms. The molecule has 0 radical (unpaired) electrons. The van der Waals surface area contributed by atoms with E-state index < -0.39 is 0 Å². The van der Waals surface area contributed by atoms with Crippen LogP contribution in [0.4, 0.5) is 0 Å². The predicted molar refractivity (Wildman–Crippen MR) is 82.2 cm³/mol. The maximum Gasteiger partial charge on any atom is 2.00 e. The first-order chi connectivity index (χ1) is 8.93. The van der Waals surface area contributed by atoms with Crippen molar-refractivity contribution in [3.8, 4) is 0 Å². The monoisotopic (exact) mass is 358 g/mol. The fourth-order valence-electron chi connectivity index (χ4n) is 2.40. The first-order valence-corrected chi connectivity index (χ1v) is 7.96. The molecule has 1 unspecified atom stereocenters. The van der Waals surface area contributed by atoms with Crippen molar-refractivity contribution in [2.24, 2.45) is 0 Å². The number of hydrogen-bond donors (Lipinski definition) is 0. The van der Waals surface area contributed by atoms with Crippen LogP contribution < -0.4 is 17.0 Å². The summed E-state index contributed by atoms with van der Waals surface area (Å²) in [6.45, 7) is 5.64. The van der Waals surface area contributed by atoms with Crippen molar-refractivity contribution in [1.82, 2.24) is 0 Å². The van der Waals surface area contributed by atoms with Crippen LogP contribution in [0.1, 0.15) is 77.0 Å². The second-order valence-corrected chi connectivity index (χ2v) is 5.35. The zero-order valence-corrected chi connectivity index (χ0v) is 16.1. The molecule has 0 spiro atoms. The van der Waals surface area contributed by atoms with Gasteiger partial charge in [-0.1, -0.05) is 44.9 Å². The van der Waals surface area contributed by atoms with Crippen LogP contribution in [0.3, 0.4) is 0 Å². The summed E-state index contributed by atoms with van der Waals surface area (Å²) in [4.78, 5) is 0. The first-order valence-electron chi connectivity index (χ1n) is 7.96. The van der Waals surface area contributed by atoms with E-state index >= 15 is 0 Å². The topological polar surface area (TPSA) is 18.5 Å². The molecule has 0 amide bonds. The van der Waals surface area contributed by atoms with Crippen molar-refractivity contribution < 1.29 is 26.5 Å². The minimum Gasteiger partial charge on any atom is -1.00 e. The molecule has 1 aliphatic rings. The van der Waals surface area contributed by atoms with Gasteiger partial charge < -0.3 is 33.4 Å². The van der Waals surface area contributed by atoms with E-state index in [0.717, 1.165) is 26.1 Å². The molecule has 1 heterocycles. The number of ether oxygens (including phenoxy) is 2. The van der Waals surface area contributed by atoms with E-state index in [0.29, 0.717) is 0 Å². The standard InChI is InChI=1S/C16H31O2.BrH.Mg/c1-2-3-4-5-6-7-8-9-11-14-17-16-13-10-12-15-18-16;;/h16H,1-15H2;1H;/q-1;;+2/p-1. The van der Waals surface area contributed by atoms with Crippen LogP contribution in [0, 0.1) is 6.92 Å². The minimum absolute atomic E-state index is 0. The molecule has 1 rings (SSSR count). The Morgan fingerprint density at radius 2 is 1.50 bits per heavy atom. The van der Waals surface area contributed by atoms with E-state index in [4.69, 9.17) is 9.47 Å². The van der Waals surface area contributed by atoms with Crippen LogP contribution in [-0.2, 0) is 9.47 Å². The van der Waals surface area contributed by atoms with Gasteiger partial charge in [-0.2, -0.15) is 6.42 Å². The van der Waals surface area contributed by atoms with E-state index in [1.165, 1.54) is 64.2 Å². The van der Waals surface area contributed by atoms with Crippen molar-refractivity contribution in [2.45, 2.75) is 83.3 Å². The van der Waals surface area contributed by atoms with E-state index in [-0.39, 0.29) is 46.3 Å². The molecular weight excluding hydrogens is 328 g/mol. The summed E-state index contributed by atoms with van der Waals surface area (Å²) in [6, 6.07) is 0. The Balaban J connectivity index is 0. The molecule has 0 aliphatic carbocycles. The molecule has 0 aromatic heterocycles. The third-order valence-corrected chi connectivity index (χ3v) is 3.59. The number of hydrogen-bond acceptors (Lipinski definition) is 2. The van der Waals surface area contributed by atoms with Gasteiger partial charge >= 0.3 is 23.1 Å². The molecule has 1 fully saturated rings. The molecule has 116 valence electrons. The molecule has 1 saturated heterocycles. The van der Waals surface area contributed by atoms with Gasteiger partial charge in [0.15, 0.2) is 6.29 Å². The van der Waals surface area contributed by atoms with Gasteiger partial charge in [0.1, 0.15) is 0 Å². The maximum absolute atomic E-state index is 5.71. The van der Waals surface area contributed by atoms with Gasteiger partial charge in [0.2, 0.25) is 0 Å². The smallest absolute Gasteiger partial charge is 1.00 e. The Hall–Kier alpha value is 1.17. The summed E-state index contributed by atoms with van der Waals surface area (Å²) in [6.07, 6.45) is 15.5. The summed E-state index contributed by atoms with van der Waals surface area (Å²) in [5, 5.41) is 0.